The van der Waals surface area contributed by atoms with Gasteiger partial charge in [0.05, 0.1) is 11.8 Å². The van der Waals surface area contributed by atoms with Crippen molar-refractivity contribution in [1.82, 2.24) is 0 Å². The second kappa shape index (κ2) is 16.3. The molecule has 0 bridgehead atoms. The van der Waals surface area contributed by atoms with E-state index in [-0.39, 0.29) is 22.7 Å². The third-order valence-electron chi connectivity index (χ3n) is 10.1. The van der Waals surface area contributed by atoms with Crippen molar-refractivity contribution in [2.75, 3.05) is 0 Å². The Kier molecular flexibility index (Phi) is 11.0. The van der Waals surface area contributed by atoms with Gasteiger partial charge in [0.15, 0.2) is 0 Å². The van der Waals surface area contributed by atoms with Crippen LogP contribution in [0.15, 0.2) is 158 Å². The first-order chi connectivity index (χ1) is 27.0. The largest absolute Gasteiger partial charge is 0.0891 e. The average Bonchev–Trinajstić information content (AvgIpc) is 3.20. The van der Waals surface area contributed by atoms with Gasteiger partial charge < -0.3 is 0 Å². The van der Waals surface area contributed by atoms with Gasteiger partial charge in [-0.05, 0) is 104 Å². The maximum Gasteiger partial charge on any atom is 0.0504 e. The summed E-state index contributed by atoms with van der Waals surface area (Å²) in [7, 11) is 0. The molecule has 0 nitrogen and oxygen atoms in total. The Morgan fingerprint density at radius 3 is 1.02 bits per heavy atom. The standard InChI is InChI=1S/C56H46/c1-55(2,3)53(37-35-45-23-15-13-21-43(45)27-25-41-17-9-7-10-18-41)49-33-31-47-29-30-48-32-34-50(40-52(48)51(47)39-49)54(56(4,5)6)38-36-46-24-16-14-22-44(46)28-26-42-19-11-8-12-20-42/h7-24,29-34,39-40,53-54H,1-6H3/t53-,54?/m1/s1. The molecule has 270 valence electrons. The van der Waals surface area contributed by atoms with Gasteiger partial charge in [-0.3, -0.25) is 0 Å². The van der Waals surface area contributed by atoms with E-state index in [1.54, 1.807) is 0 Å². The molecule has 0 aliphatic heterocycles. The Balaban J connectivity index is 1.27. The topological polar surface area (TPSA) is 0 Å². The van der Waals surface area contributed by atoms with Crippen LogP contribution >= 0.6 is 0 Å². The number of fused-ring (bicyclic) bond motifs is 3. The van der Waals surface area contributed by atoms with Crippen molar-refractivity contribution in [3.63, 3.8) is 0 Å². The third kappa shape index (κ3) is 8.97. The molecule has 0 saturated heterocycles. The summed E-state index contributed by atoms with van der Waals surface area (Å²) in [5.74, 6) is 27.9. The zero-order chi connectivity index (χ0) is 39.1. The predicted molar refractivity (Wildman–Crippen MR) is 237 cm³/mol. The van der Waals surface area contributed by atoms with Gasteiger partial charge >= 0.3 is 0 Å². The van der Waals surface area contributed by atoms with Crippen molar-refractivity contribution >= 4 is 21.5 Å². The van der Waals surface area contributed by atoms with E-state index >= 15 is 0 Å². The van der Waals surface area contributed by atoms with Gasteiger partial charge in [0, 0.05) is 33.4 Å². The maximum atomic E-state index is 3.70. The van der Waals surface area contributed by atoms with E-state index in [0.29, 0.717) is 0 Å². The zero-order valence-corrected chi connectivity index (χ0v) is 33.2. The Morgan fingerprint density at radius 2 is 0.661 bits per heavy atom. The molecular formula is C56H46. The van der Waals surface area contributed by atoms with Crippen LogP contribution in [0.3, 0.4) is 0 Å². The second-order valence-electron chi connectivity index (χ2n) is 16.5. The average molecular weight is 719 g/mol. The summed E-state index contributed by atoms with van der Waals surface area (Å²) < 4.78 is 0. The fraction of sp³-hybridized carbons (Fsp3) is 0.179. The highest BCUT2D eigenvalue weighted by molar-refractivity contribution is 6.08. The maximum absolute atomic E-state index is 3.70. The van der Waals surface area contributed by atoms with Gasteiger partial charge in [0.1, 0.15) is 0 Å². The van der Waals surface area contributed by atoms with Crippen molar-refractivity contribution in [2.24, 2.45) is 10.8 Å². The van der Waals surface area contributed by atoms with E-state index in [9.17, 15) is 0 Å². The minimum Gasteiger partial charge on any atom is -0.0891 e. The van der Waals surface area contributed by atoms with Crippen molar-refractivity contribution in [1.29, 1.82) is 0 Å². The normalized spacial score (nSPS) is 12.1. The summed E-state index contributed by atoms with van der Waals surface area (Å²) >= 11 is 0. The summed E-state index contributed by atoms with van der Waals surface area (Å²) in [6, 6.07) is 54.8. The van der Waals surface area contributed by atoms with Crippen LogP contribution in [0.5, 0.6) is 0 Å². The SMILES string of the molecule is CC(C)(C)C(C#Cc1ccccc1C#Cc1ccccc1)c1ccc2ccc3ccc([C@@H](C#Cc4ccccc4C#Cc4ccccc4)C(C)(C)C)cc3c2c1. The summed E-state index contributed by atoms with van der Waals surface area (Å²) in [4.78, 5) is 0. The highest BCUT2D eigenvalue weighted by atomic mass is 14.3. The highest BCUT2D eigenvalue weighted by Gasteiger charge is 2.27. The monoisotopic (exact) mass is 718 g/mol. The predicted octanol–water partition coefficient (Wildman–Crippen LogP) is 13.2. The van der Waals surface area contributed by atoms with Crippen LogP contribution in [-0.4, -0.2) is 0 Å². The smallest absolute Gasteiger partial charge is 0.0504 e. The molecule has 0 fully saturated rings. The summed E-state index contributed by atoms with van der Waals surface area (Å²) in [5.41, 5.74) is 7.97. The van der Waals surface area contributed by atoms with E-state index in [0.717, 1.165) is 33.4 Å². The van der Waals surface area contributed by atoms with E-state index in [4.69, 9.17) is 0 Å². The van der Waals surface area contributed by atoms with Gasteiger partial charge in [0.2, 0.25) is 0 Å². The minimum atomic E-state index is -0.101. The molecule has 0 aromatic heterocycles. The fourth-order valence-electron chi connectivity index (χ4n) is 7.07. The first-order valence-corrected chi connectivity index (χ1v) is 19.3. The quantitative estimate of drug-likeness (QED) is 0.123. The van der Waals surface area contributed by atoms with Gasteiger partial charge in [-0.25, -0.2) is 0 Å². The number of rotatable bonds is 2. The lowest BCUT2D eigenvalue weighted by atomic mass is 9.75. The van der Waals surface area contributed by atoms with Crippen LogP contribution in [0, 0.1) is 58.2 Å². The molecule has 7 aromatic carbocycles. The lowest BCUT2D eigenvalue weighted by Gasteiger charge is -2.28. The third-order valence-corrected chi connectivity index (χ3v) is 10.1. The molecule has 7 rings (SSSR count). The molecule has 0 aliphatic carbocycles. The molecule has 0 saturated carbocycles. The van der Waals surface area contributed by atoms with Crippen LogP contribution in [0.4, 0.5) is 0 Å². The molecule has 0 N–H and O–H groups in total. The molecule has 0 radical (unpaired) electrons. The summed E-state index contributed by atoms with van der Waals surface area (Å²) in [6.07, 6.45) is 0. The van der Waals surface area contributed by atoms with E-state index in [2.05, 4.69) is 162 Å². The molecule has 0 spiro atoms. The van der Waals surface area contributed by atoms with Crippen molar-refractivity contribution in [2.45, 2.75) is 53.4 Å². The van der Waals surface area contributed by atoms with Crippen LogP contribution < -0.4 is 0 Å². The number of benzene rings is 7. The van der Waals surface area contributed by atoms with Gasteiger partial charge in [-0.1, -0.05) is 186 Å². The molecule has 7 aromatic rings. The van der Waals surface area contributed by atoms with E-state index in [1.165, 1.54) is 32.7 Å². The van der Waals surface area contributed by atoms with E-state index in [1.807, 2.05) is 84.9 Å². The summed E-state index contributed by atoms with van der Waals surface area (Å²) in [5, 5.41) is 4.89. The first kappa shape index (κ1) is 37.6. The molecule has 1 unspecified atom stereocenters. The van der Waals surface area contributed by atoms with Gasteiger partial charge in [-0.15, -0.1) is 0 Å². The Hall–Kier alpha value is -6.70. The molecule has 0 amide bonds. The highest BCUT2D eigenvalue weighted by Crippen LogP contribution is 2.40. The lowest BCUT2D eigenvalue weighted by Crippen LogP contribution is -2.17. The molecular weight excluding hydrogens is 673 g/mol. The zero-order valence-electron chi connectivity index (χ0n) is 33.2. The van der Waals surface area contributed by atoms with E-state index < -0.39 is 0 Å². The minimum absolute atomic E-state index is 0.00118. The summed E-state index contributed by atoms with van der Waals surface area (Å²) in [6.45, 7) is 13.6. The number of hydrogen-bond donors (Lipinski definition) is 0. The van der Waals surface area contributed by atoms with Crippen molar-refractivity contribution in [3.8, 4) is 47.4 Å². The molecule has 0 heteroatoms. The Labute approximate surface area is 334 Å². The Bertz CT molecular complexity index is 2580. The van der Waals surface area contributed by atoms with Crippen LogP contribution in [0.25, 0.3) is 21.5 Å². The second-order valence-corrected chi connectivity index (χ2v) is 16.5. The Morgan fingerprint density at radius 1 is 0.339 bits per heavy atom. The molecule has 2 atom stereocenters. The van der Waals surface area contributed by atoms with Crippen LogP contribution in [-0.2, 0) is 0 Å². The molecule has 0 heterocycles. The molecule has 0 aliphatic rings. The van der Waals surface area contributed by atoms with Crippen LogP contribution in [0.1, 0.15) is 97.9 Å². The van der Waals surface area contributed by atoms with Gasteiger partial charge in [0.25, 0.3) is 0 Å². The lowest BCUT2D eigenvalue weighted by molar-refractivity contribution is 0.375. The van der Waals surface area contributed by atoms with Crippen molar-refractivity contribution in [3.05, 3.63) is 202 Å². The van der Waals surface area contributed by atoms with Crippen molar-refractivity contribution < 1.29 is 0 Å². The van der Waals surface area contributed by atoms with Gasteiger partial charge in [-0.2, -0.15) is 0 Å². The number of hydrogen-bond acceptors (Lipinski definition) is 0. The molecule has 56 heavy (non-hydrogen) atoms. The fourth-order valence-corrected chi connectivity index (χ4v) is 7.07. The van der Waals surface area contributed by atoms with Crippen LogP contribution in [0.2, 0.25) is 0 Å². The first-order valence-electron chi connectivity index (χ1n) is 19.3.